The Hall–Kier alpha value is -2.44. The van der Waals surface area contributed by atoms with Crippen molar-refractivity contribution in [2.45, 2.75) is 19.6 Å². The largest absolute Gasteiger partial charge is 0.497 e. The van der Waals surface area contributed by atoms with E-state index in [1.165, 1.54) is 19.1 Å². The maximum absolute atomic E-state index is 12.2. The summed E-state index contributed by atoms with van der Waals surface area (Å²) in [7, 11) is 1.58. The Morgan fingerprint density at radius 1 is 1.19 bits per heavy atom. The average molecular weight is 397 g/mol. The van der Waals surface area contributed by atoms with Crippen LogP contribution in [-0.2, 0) is 16.1 Å². The third-order valence-corrected chi connectivity index (χ3v) is 4.12. The zero-order valence-corrected chi connectivity index (χ0v) is 15.7. The van der Waals surface area contributed by atoms with E-state index in [9.17, 15) is 9.59 Å². The van der Waals surface area contributed by atoms with Gasteiger partial charge in [-0.2, -0.15) is 0 Å². The second-order valence-corrected chi connectivity index (χ2v) is 6.31. The fourth-order valence-corrected chi connectivity index (χ4v) is 2.60. The van der Waals surface area contributed by atoms with Crippen LogP contribution in [0, 0.1) is 0 Å². The van der Waals surface area contributed by atoms with E-state index in [-0.39, 0.29) is 27.8 Å². The maximum Gasteiger partial charge on any atom is 0.341 e. The predicted molar refractivity (Wildman–Crippen MR) is 101 cm³/mol. The van der Waals surface area contributed by atoms with Crippen LogP contribution in [-0.4, -0.2) is 25.1 Å². The molecule has 0 aromatic heterocycles. The predicted octanol–water partition coefficient (Wildman–Crippen LogP) is 3.45. The van der Waals surface area contributed by atoms with Gasteiger partial charge in [0.1, 0.15) is 5.75 Å². The highest BCUT2D eigenvalue weighted by atomic mass is 35.5. The van der Waals surface area contributed by atoms with E-state index in [2.05, 4.69) is 5.32 Å². The molecule has 6 nitrogen and oxygen atoms in total. The summed E-state index contributed by atoms with van der Waals surface area (Å²) in [5.74, 6) is -0.500. The highest BCUT2D eigenvalue weighted by Crippen LogP contribution is 2.28. The van der Waals surface area contributed by atoms with Crippen LogP contribution in [0.2, 0.25) is 10.0 Å². The molecule has 1 atom stereocenters. The van der Waals surface area contributed by atoms with E-state index >= 15 is 0 Å². The van der Waals surface area contributed by atoms with Crippen molar-refractivity contribution in [1.29, 1.82) is 0 Å². The number of carbonyl (C=O) groups excluding carboxylic acids is 2. The molecule has 0 heterocycles. The first kappa shape index (κ1) is 19.9. The molecule has 2 aromatic carbocycles. The van der Waals surface area contributed by atoms with Crippen LogP contribution in [0.1, 0.15) is 22.8 Å². The topological polar surface area (TPSA) is 90.6 Å². The number of anilines is 1. The van der Waals surface area contributed by atoms with Crippen LogP contribution in [0.4, 0.5) is 5.69 Å². The fourth-order valence-electron chi connectivity index (χ4n) is 2.11. The fraction of sp³-hybridized carbons (Fsp3) is 0.222. The Morgan fingerprint density at radius 2 is 1.85 bits per heavy atom. The SMILES string of the molecule is COc1ccc(CNC(=O)[C@@H](C)OC(=O)c2cc(Cl)cc(Cl)c2N)cc1. The first-order chi connectivity index (χ1) is 12.3. The number of amides is 1. The first-order valence-electron chi connectivity index (χ1n) is 7.68. The zero-order chi connectivity index (χ0) is 19.3. The molecule has 0 aliphatic carbocycles. The minimum absolute atomic E-state index is 0.0114. The van der Waals surface area contributed by atoms with Crippen molar-refractivity contribution in [2.24, 2.45) is 0 Å². The Labute approximate surface area is 161 Å². The van der Waals surface area contributed by atoms with E-state index in [4.69, 9.17) is 38.4 Å². The van der Waals surface area contributed by atoms with Crippen LogP contribution >= 0.6 is 23.2 Å². The zero-order valence-electron chi connectivity index (χ0n) is 14.2. The number of benzene rings is 2. The molecule has 26 heavy (non-hydrogen) atoms. The number of carbonyl (C=O) groups is 2. The monoisotopic (exact) mass is 396 g/mol. The Kier molecular flexibility index (Phi) is 6.71. The molecular formula is C18H18Cl2N2O4. The van der Waals surface area contributed by atoms with Gasteiger partial charge in [-0.15, -0.1) is 0 Å². The molecule has 3 N–H and O–H groups in total. The Morgan fingerprint density at radius 3 is 2.46 bits per heavy atom. The number of ether oxygens (including phenoxy) is 2. The van der Waals surface area contributed by atoms with Gasteiger partial charge in [0.15, 0.2) is 6.10 Å². The van der Waals surface area contributed by atoms with Crippen molar-refractivity contribution >= 4 is 40.8 Å². The van der Waals surface area contributed by atoms with Crippen LogP contribution in [0.3, 0.4) is 0 Å². The van der Waals surface area contributed by atoms with Gasteiger partial charge in [-0.25, -0.2) is 4.79 Å². The summed E-state index contributed by atoms with van der Waals surface area (Å²) < 4.78 is 10.2. The van der Waals surface area contributed by atoms with Gasteiger partial charge in [0.25, 0.3) is 5.91 Å². The van der Waals surface area contributed by atoms with Crippen molar-refractivity contribution in [3.05, 3.63) is 57.6 Å². The minimum Gasteiger partial charge on any atom is -0.497 e. The molecule has 0 saturated heterocycles. The lowest BCUT2D eigenvalue weighted by Crippen LogP contribution is -2.35. The average Bonchev–Trinajstić information content (AvgIpc) is 2.62. The summed E-state index contributed by atoms with van der Waals surface area (Å²) >= 11 is 11.8. The van der Waals surface area contributed by atoms with E-state index in [1.807, 2.05) is 12.1 Å². The van der Waals surface area contributed by atoms with Crippen LogP contribution in [0.15, 0.2) is 36.4 Å². The maximum atomic E-state index is 12.2. The van der Waals surface area contributed by atoms with Gasteiger partial charge in [0.05, 0.1) is 23.4 Å². The quantitative estimate of drug-likeness (QED) is 0.576. The van der Waals surface area contributed by atoms with Crippen LogP contribution in [0.25, 0.3) is 0 Å². The number of methoxy groups -OCH3 is 1. The lowest BCUT2D eigenvalue weighted by molar-refractivity contribution is -0.129. The van der Waals surface area contributed by atoms with E-state index in [0.717, 1.165) is 11.3 Å². The molecule has 8 heteroatoms. The summed E-state index contributed by atoms with van der Waals surface area (Å²) in [5, 5.41) is 3.07. The summed E-state index contributed by atoms with van der Waals surface area (Å²) in [4.78, 5) is 24.3. The number of nitrogen functional groups attached to an aromatic ring is 1. The number of halogens is 2. The van der Waals surface area contributed by atoms with E-state index in [0.29, 0.717) is 0 Å². The molecule has 0 aliphatic rings. The third-order valence-electron chi connectivity index (χ3n) is 3.59. The molecule has 0 spiro atoms. The van der Waals surface area contributed by atoms with Crippen molar-refractivity contribution in [3.8, 4) is 5.75 Å². The second kappa shape index (κ2) is 8.78. The van der Waals surface area contributed by atoms with Gasteiger partial charge < -0.3 is 20.5 Å². The second-order valence-electron chi connectivity index (χ2n) is 5.46. The van der Waals surface area contributed by atoms with Gasteiger partial charge >= 0.3 is 5.97 Å². The molecule has 138 valence electrons. The van der Waals surface area contributed by atoms with Crippen LogP contribution < -0.4 is 15.8 Å². The smallest absolute Gasteiger partial charge is 0.341 e. The highest BCUT2D eigenvalue weighted by Gasteiger charge is 2.21. The number of hydrogen-bond donors (Lipinski definition) is 2. The van der Waals surface area contributed by atoms with Gasteiger partial charge in [0, 0.05) is 11.6 Å². The Balaban J connectivity index is 1.94. The van der Waals surface area contributed by atoms with Crippen molar-refractivity contribution < 1.29 is 19.1 Å². The number of nitrogens with one attached hydrogen (secondary N) is 1. The van der Waals surface area contributed by atoms with Crippen molar-refractivity contribution in [2.75, 3.05) is 12.8 Å². The number of nitrogens with two attached hydrogens (primary N) is 1. The summed E-state index contributed by atoms with van der Waals surface area (Å²) in [6.07, 6.45) is -1.02. The molecule has 0 fully saturated rings. The van der Waals surface area contributed by atoms with Gasteiger partial charge in [-0.1, -0.05) is 35.3 Å². The summed E-state index contributed by atoms with van der Waals surface area (Å²) in [6, 6.07) is 9.98. The number of esters is 1. The molecule has 2 aromatic rings. The van der Waals surface area contributed by atoms with Crippen molar-refractivity contribution in [1.82, 2.24) is 5.32 Å². The third kappa shape index (κ3) is 5.03. The normalized spacial score (nSPS) is 11.5. The number of rotatable bonds is 6. The molecule has 0 saturated carbocycles. The van der Waals surface area contributed by atoms with E-state index < -0.39 is 18.0 Å². The van der Waals surface area contributed by atoms with Crippen LogP contribution in [0.5, 0.6) is 5.75 Å². The molecular weight excluding hydrogens is 379 g/mol. The summed E-state index contributed by atoms with van der Waals surface area (Å²) in [5.41, 5.74) is 6.70. The summed E-state index contributed by atoms with van der Waals surface area (Å²) in [6.45, 7) is 1.75. The minimum atomic E-state index is -1.02. The lowest BCUT2D eigenvalue weighted by atomic mass is 10.2. The molecule has 1 amide bonds. The molecule has 0 aliphatic heterocycles. The van der Waals surface area contributed by atoms with E-state index in [1.54, 1.807) is 19.2 Å². The van der Waals surface area contributed by atoms with Gasteiger partial charge in [-0.05, 0) is 36.8 Å². The van der Waals surface area contributed by atoms with Gasteiger partial charge in [-0.3, -0.25) is 4.79 Å². The molecule has 2 rings (SSSR count). The van der Waals surface area contributed by atoms with Gasteiger partial charge in [0.2, 0.25) is 0 Å². The standard InChI is InChI=1S/C18H18Cl2N2O4/c1-10(17(23)22-9-11-3-5-13(25-2)6-4-11)26-18(24)14-7-12(19)8-15(20)16(14)21/h3-8,10H,9,21H2,1-2H3,(H,22,23)/t10-/m1/s1. The number of hydrogen-bond acceptors (Lipinski definition) is 5. The lowest BCUT2D eigenvalue weighted by Gasteiger charge is -2.15. The first-order valence-corrected chi connectivity index (χ1v) is 8.43. The highest BCUT2D eigenvalue weighted by molar-refractivity contribution is 6.37. The van der Waals surface area contributed by atoms with Crippen molar-refractivity contribution in [3.63, 3.8) is 0 Å². The molecule has 0 unspecified atom stereocenters. The molecule has 0 radical (unpaired) electrons. The Bertz CT molecular complexity index is 810. The molecule has 0 bridgehead atoms.